The molecule has 1 aromatic heterocycles. The van der Waals surface area contributed by atoms with Gasteiger partial charge in [-0.05, 0) is 42.1 Å². The van der Waals surface area contributed by atoms with Gasteiger partial charge >= 0.3 is 5.97 Å². The van der Waals surface area contributed by atoms with E-state index in [1.54, 1.807) is 35.2 Å². The van der Waals surface area contributed by atoms with Gasteiger partial charge in [0.1, 0.15) is 18.1 Å². The van der Waals surface area contributed by atoms with Gasteiger partial charge in [-0.25, -0.2) is 4.79 Å². The predicted octanol–water partition coefficient (Wildman–Crippen LogP) is 3.28. The van der Waals surface area contributed by atoms with E-state index in [9.17, 15) is 19.2 Å². The summed E-state index contributed by atoms with van der Waals surface area (Å²) in [7, 11) is 1.26. The average molecular weight is 491 g/mol. The zero-order chi connectivity index (χ0) is 23.5. The summed E-state index contributed by atoms with van der Waals surface area (Å²) in [6.45, 7) is 1.42. The fourth-order valence-electron chi connectivity index (χ4n) is 3.34. The van der Waals surface area contributed by atoms with Crippen LogP contribution in [0.25, 0.3) is 17.4 Å². The third kappa shape index (κ3) is 4.97. The number of carbonyl (C=O) groups excluding carboxylic acids is 4. The van der Waals surface area contributed by atoms with Gasteiger partial charge in [-0.15, -0.1) is 0 Å². The zero-order valence-electron chi connectivity index (χ0n) is 17.5. The van der Waals surface area contributed by atoms with E-state index < -0.39 is 17.1 Å². The maximum atomic E-state index is 12.7. The van der Waals surface area contributed by atoms with Gasteiger partial charge in [0.05, 0.1) is 35.8 Å². The topological polar surface area (TPSA) is 106 Å². The van der Waals surface area contributed by atoms with E-state index in [-0.39, 0.29) is 27.9 Å². The van der Waals surface area contributed by atoms with Crippen LogP contribution in [-0.4, -0.2) is 72.8 Å². The third-order valence-electron chi connectivity index (χ3n) is 5.09. The summed E-state index contributed by atoms with van der Waals surface area (Å²) in [5, 5.41) is -0.266. The fourth-order valence-corrected chi connectivity index (χ4v) is 4.36. The van der Waals surface area contributed by atoms with Crippen LogP contribution in [0.5, 0.6) is 0 Å². The van der Waals surface area contributed by atoms with E-state index in [2.05, 4.69) is 0 Å². The molecule has 172 valence electrons. The molecule has 9 nitrogen and oxygen atoms in total. The van der Waals surface area contributed by atoms with Crippen LogP contribution in [0.4, 0.5) is 4.79 Å². The Morgan fingerprint density at radius 1 is 1.18 bits per heavy atom. The SMILES string of the molecule is COC(=O)c1cc(-c2ccc(C=C3SC(=O)N(CC(=O)N4CCOCC4)C3=O)o2)ccc1Cl. The number of rotatable bonds is 5. The Morgan fingerprint density at radius 3 is 2.67 bits per heavy atom. The second-order valence-corrected chi connectivity index (χ2v) is 8.55. The van der Waals surface area contributed by atoms with Gasteiger partial charge in [-0.3, -0.25) is 19.3 Å². The number of hydrogen-bond donors (Lipinski definition) is 0. The molecular weight excluding hydrogens is 472 g/mol. The molecule has 0 unspecified atom stereocenters. The molecular formula is C22H19ClN2O7S. The number of carbonyl (C=O) groups is 4. The Kier molecular flexibility index (Phi) is 6.87. The highest BCUT2D eigenvalue weighted by Gasteiger charge is 2.37. The van der Waals surface area contributed by atoms with E-state index >= 15 is 0 Å². The molecule has 0 atom stereocenters. The highest BCUT2D eigenvalue weighted by molar-refractivity contribution is 8.18. The van der Waals surface area contributed by atoms with Crippen molar-refractivity contribution in [1.29, 1.82) is 0 Å². The van der Waals surface area contributed by atoms with Crippen LogP contribution < -0.4 is 0 Å². The molecule has 0 aliphatic carbocycles. The largest absolute Gasteiger partial charge is 0.465 e. The Hall–Kier alpha value is -3.08. The molecule has 0 saturated carbocycles. The highest BCUT2D eigenvalue weighted by atomic mass is 35.5. The maximum absolute atomic E-state index is 12.7. The van der Waals surface area contributed by atoms with Crippen molar-refractivity contribution < 1.29 is 33.1 Å². The van der Waals surface area contributed by atoms with Crippen LogP contribution in [0.1, 0.15) is 16.1 Å². The standard InChI is InChI=1S/C22H19ClN2O7S/c1-30-21(28)15-10-13(2-4-16(15)23)17-5-3-14(32-17)11-18-20(27)25(22(29)33-18)12-19(26)24-6-8-31-9-7-24/h2-5,10-11H,6-9,12H2,1H3. The second-order valence-electron chi connectivity index (χ2n) is 7.15. The van der Waals surface area contributed by atoms with Crippen LogP contribution >= 0.6 is 23.4 Å². The molecule has 3 amide bonds. The molecule has 0 spiro atoms. The number of hydrogen-bond acceptors (Lipinski definition) is 8. The maximum Gasteiger partial charge on any atom is 0.339 e. The van der Waals surface area contributed by atoms with Gasteiger partial charge < -0.3 is 18.8 Å². The number of furan rings is 1. The average Bonchev–Trinajstić information content (AvgIpc) is 3.39. The zero-order valence-corrected chi connectivity index (χ0v) is 19.1. The number of esters is 1. The van der Waals surface area contributed by atoms with E-state index in [1.165, 1.54) is 13.2 Å². The summed E-state index contributed by atoms with van der Waals surface area (Å²) in [5.41, 5.74) is 0.782. The number of thioether (sulfide) groups is 1. The smallest absolute Gasteiger partial charge is 0.339 e. The van der Waals surface area contributed by atoms with Gasteiger partial charge in [-0.2, -0.15) is 0 Å². The molecule has 0 N–H and O–H groups in total. The number of morpholine rings is 1. The molecule has 2 fully saturated rings. The molecule has 0 bridgehead atoms. The number of benzene rings is 1. The highest BCUT2D eigenvalue weighted by Crippen LogP contribution is 2.34. The van der Waals surface area contributed by atoms with E-state index in [0.717, 1.165) is 16.7 Å². The van der Waals surface area contributed by atoms with Crippen molar-refractivity contribution in [3.05, 3.63) is 51.6 Å². The molecule has 3 heterocycles. The second kappa shape index (κ2) is 9.82. The van der Waals surface area contributed by atoms with Crippen LogP contribution in [0.15, 0.2) is 39.7 Å². The van der Waals surface area contributed by atoms with Crippen molar-refractivity contribution >= 4 is 52.5 Å². The van der Waals surface area contributed by atoms with Gasteiger partial charge in [0.15, 0.2) is 0 Å². The fraction of sp³-hybridized carbons (Fsp3) is 0.273. The van der Waals surface area contributed by atoms with Crippen molar-refractivity contribution in [2.75, 3.05) is 40.0 Å². The molecule has 2 saturated heterocycles. The molecule has 33 heavy (non-hydrogen) atoms. The van der Waals surface area contributed by atoms with Crippen molar-refractivity contribution in [3.8, 4) is 11.3 Å². The summed E-state index contributed by atoms with van der Waals surface area (Å²) in [4.78, 5) is 52.0. The Bertz CT molecular complexity index is 1150. The Labute approximate surface area is 198 Å². The minimum Gasteiger partial charge on any atom is -0.465 e. The summed E-state index contributed by atoms with van der Waals surface area (Å²) in [6.07, 6.45) is 1.45. The van der Waals surface area contributed by atoms with Crippen LogP contribution in [0, 0.1) is 0 Å². The van der Waals surface area contributed by atoms with Gasteiger partial charge in [0.25, 0.3) is 11.1 Å². The van der Waals surface area contributed by atoms with Crippen molar-refractivity contribution in [3.63, 3.8) is 0 Å². The first kappa shape index (κ1) is 23.1. The molecule has 2 aliphatic heterocycles. The lowest BCUT2D eigenvalue weighted by Gasteiger charge is -2.27. The van der Waals surface area contributed by atoms with E-state index in [0.29, 0.717) is 43.4 Å². The Morgan fingerprint density at radius 2 is 1.94 bits per heavy atom. The van der Waals surface area contributed by atoms with Crippen LogP contribution in [-0.2, 0) is 19.1 Å². The van der Waals surface area contributed by atoms with E-state index in [1.807, 2.05) is 0 Å². The normalized spacial score (nSPS) is 17.7. The summed E-state index contributed by atoms with van der Waals surface area (Å²) in [6, 6.07) is 8.09. The first-order valence-electron chi connectivity index (χ1n) is 9.96. The van der Waals surface area contributed by atoms with Crippen molar-refractivity contribution in [1.82, 2.24) is 9.80 Å². The van der Waals surface area contributed by atoms with Gasteiger partial charge in [0.2, 0.25) is 5.91 Å². The number of imide groups is 1. The minimum atomic E-state index is -0.575. The van der Waals surface area contributed by atoms with Crippen LogP contribution in [0.2, 0.25) is 5.02 Å². The number of methoxy groups -OCH3 is 1. The lowest BCUT2D eigenvalue weighted by molar-refractivity contribution is -0.139. The number of nitrogens with zero attached hydrogens (tertiary/aromatic N) is 2. The summed E-state index contributed by atoms with van der Waals surface area (Å²) < 4.78 is 15.7. The lowest BCUT2D eigenvalue weighted by Crippen LogP contribution is -2.46. The predicted molar refractivity (Wildman–Crippen MR) is 121 cm³/mol. The molecule has 11 heteroatoms. The quantitative estimate of drug-likeness (QED) is 0.464. The van der Waals surface area contributed by atoms with Gasteiger partial charge in [0, 0.05) is 24.7 Å². The van der Waals surface area contributed by atoms with Crippen molar-refractivity contribution in [2.24, 2.45) is 0 Å². The number of halogens is 1. The first-order chi connectivity index (χ1) is 15.9. The first-order valence-corrected chi connectivity index (χ1v) is 11.2. The Balaban J connectivity index is 1.49. The molecule has 2 aliphatic rings. The third-order valence-corrected chi connectivity index (χ3v) is 6.32. The monoisotopic (exact) mass is 490 g/mol. The minimum absolute atomic E-state index is 0.155. The van der Waals surface area contributed by atoms with Crippen molar-refractivity contribution in [2.45, 2.75) is 0 Å². The number of amides is 3. The summed E-state index contributed by atoms with van der Waals surface area (Å²) >= 11 is 6.80. The van der Waals surface area contributed by atoms with Crippen LogP contribution in [0.3, 0.4) is 0 Å². The number of ether oxygens (including phenoxy) is 2. The molecule has 1 aromatic carbocycles. The molecule has 0 radical (unpaired) electrons. The lowest BCUT2D eigenvalue weighted by atomic mass is 10.1. The van der Waals surface area contributed by atoms with E-state index in [4.69, 9.17) is 25.5 Å². The van der Waals surface area contributed by atoms with Gasteiger partial charge in [-0.1, -0.05) is 11.6 Å². The molecule has 4 rings (SSSR count). The summed E-state index contributed by atoms with van der Waals surface area (Å²) in [5.74, 6) is -0.654. The molecule has 2 aromatic rings.